The number of hydrogen-bond donors (Lipinski definition) is 1. The van der Waals surface area contributed by atoms with Crippen molar-refractivity contribution in [1.29, 1.82) is 0 Å². The summed E-state index contributed by atoms with van der Waals surface area (Å²) in [6.07, 6.45) is -0.865. The number of non-ortho nitro benzene ring substituents is 1. The number of halogens is 3. The van der Waals surface area contributed by atoms with Crippen LogP contribution >= 0.6 is 0 Å². The molecule has 0 saturated heterocycles. The first-order valence-corrected chi connectivity index (χ1v) is 10.2. The van der Waals surface area contributed by atoms with Crippen LogP contribution < -0.4 is 0 Å². The van der Waals surface area contributed by atoms with E-state index in [9.17, 15) is 28.1 Å². The van der Waals surface area contributed by atoms with Crippen LogP contribution in [0.25, 0.3) is 0 Å². The minimum atomic E-state index is -4.46. The SMILES string of the molecule is O=C(O)CON(Cc1ccc([N+](=O)[O-])cc1)C(c1ccc(C(F)(F)F)cc1)C1CCCC1. The van der Waals surface area contributed by atoms with Crippen molar-refractivity contribution in [3.05, 3.63) is 75.3 Å². The van der Waals surface area contributed by atoms with E-state index in [2.05, 4.69) is 0 Å². The van der Waals surface area contributed by atoms with Gasteiger partial charge >= 0.3 is 12.1 Å². The number of nitro benzene ring substituents is 1. The van der Waals surface area contributed by atoms with Gasteiger partial charge in [-0.25, -0.2) is 4.79 Å². The Bertz CT molecular complexity index is 926. The molecule has 172 valence electrons. The van der Waals surface area contributed by atoms with Crippen molar-refractivity contribution in [1.82, 2.24) is 5.06 Å². The minimum absolute atomic E-state index is 0.0681. The van der Waals surface area contributed by atoms with Crippen LogP contribution in [-0.4, -0.2) is 27.7 Å². The monoisotopic (exact) mass is 452 g/mol. The minimum Gasteiger partial charge on any atom is -0.479 e. The van der Waals surface area contributed by atoms with Gasteiger partial charge in [0.25, 0.3) is 5.69 Å². The predicted octanol–water partition coefficient (Wildman–Crippen LogP) is 5.36. The van der Waals surface area contributed by atoms with Gasteiger partial charge < -0.3 is 5.11 Å². The second-order valence-electron chi connectivity index (χ2n) is 7.78. The first-order chi connectivity index (χ1) is 15.1. The molecule has 0 aliphatic heterocycles. The number of nitrogens with zero attached hydrogens (tertiary/aromatic N) is 2. The van der Waals surface area contributed by atoms with Crippen molar-refractivity contribution in [2.24, 2.45) is 5.92 Å². The Kier molecular flexibility index (Phi) is 7.47. The predicted molar refractivity (Wildman–Crippen MR) is 108 cm³/mol. The standard InChI is InChI=1S/C22H23F3N2O5/c23-22(24,25)18-9-7-17(8-10-18)21(16-3-1-2-4-16)26(32-14-20(28)29)13-15-5-11-19(12-6-15)27(30)31/h5-12,16,21H,1-4,13-14H2,(H,28,29). The van der Waals surface area contributed by atoms with Crippen molar-refractivity contribution in [2.75, 3.05) is 6.61 Å². The molecule has 32 heavy (non-hydrogen) atoms. The summed E-state index contributed by atoms with van der Waals surface area (Å²) in [5.74, 6) is -1.12. The number of aliphatic carboxylic acids is 1. The first kappa shape index (κ1) is 23.7. The van der Waals surface area contributed by atoms with Gasteiger partial charge in [-0.15, -0.1) is 0 Å². The number of carboxylic acids is 1. The largest absolute Gasteiger partial charge is 0.479 e. The highest BCUT2D eigenvalue weighted by molar-refractivity contribution is 5.67. The Hall–Kier alpha value is -2.98. The van der Waals surface area contributed by atoms with Gasteiger partial charge in [-0.3, -0.25) is 15.0 Å². The van der Waals surface area contributed by atoms with E-state index in [-0.39, 0.29) is 18.2 Å². The second kappa shape index (κ2) is 10.1. The highest BCUT2D eigenvalue weighted by Crippen LogP contribution is 2.41. The van der Waals surface area contributed by atoms with Gasteiger partial charge in [0.2, 0.25) is 0 Å². The zero-order chi connectivity index (χ0) is 23.3. The highest BCUT2D eigenvalue weighted by atomic mass is 19.4. The molecule has 7 nitrogen and oxygen atoms in total. The van der Waals surface area contributed by atoms with Crippen molar-refractivity contribution >= 4 is 11.7 Å². The first-order valence-electron chi connectivity index (χ1n) is 10.2. The molecule has 0 heterocycles. The van der Waals surface area contributed by atoms with E-state index >= 15 is 0 Å². The molecule has 1 aliphatic carbocycles. The zero-order valence-electron chi connectivity index (χ0n) is 17.1. The third-order valence-electron chi connectivity index (χ3n) is 5.58. The Morgan fingerprint density at radius 1 is 1.12 bits per heavy atom. The third kappa shape index (κ3) is 6.04. The second-order valence-corrected chi connectivity index (χ2v) is 7.78. The molecule has 1 unspecified atom stereocenters. The van der Waals surface area contributed by atoms with Crippen LogP contribution in [0, 0.1) is 16.0 Å². The normalized spacial score (nSPS) is 15.8. The molecule has 2 aromatic carbocycles. The van der Waals surface area contributed by atoms with E-state index in [0.717, 1.165) is 37.8 Å². The molecule has 0 bridgehead atoms. The molecule has 1 N–H and O–H groups in total. The zero-order valence-corrected chi connectivity index (χ0v) is 17.1. The highest BCUT2D eigenvalue weighted by Gasteiger charge is 2.34. The Morgan fingerprint density at radius 3 is 2.22 bits per heavy atom. The summed E-state index contributed by atoms with van der Waals surface area (Å²) in [5.41, 5.74) is 0.398. The third-order valence-corrected chi connectivity index (χ3v) is 5.58. The maximum atomic E-state index is 13.0. The molecule has 1 aliphatic rings. The Labute approximate surface area is 182 Å². The molecule has 2 aromatic rings. The summed E-state index contributed by atoms with van der Waals surface area (Å²) in [4.78, 5) is 27.1. The van der Waals surface area contributed by atoms with Crippen molar-refractivity contribution in [2.45, 2.75) is 44.4 Å². The summed E-state index contributed by atoms with van der Waals surface area (Å²) in [6, 6.07) is 10.1. The molecule has 1 fully saturated rings. The molecule has 0 radical (unpaired) electrons. The molecule has 1 atom stereocenters. The molecule has 3 rings (SSSR count). The van der Waals surface area contributed by atoms with Gasteiger partial charge in [0.15, 0.2) is 6.61 Å². The summed E-state index contributed by atoms with van der Waals surface area (Å²) in [6.45, 7) is -0.496. The van der Waals surface area contributed by atoms with Crippen LogP contribution in [0.5, 0.6) is 0 Å². The van der Waals surface area contributed by atoms with Crippen LogP contribution in [0.15, 0.2) is 48.5 Å². The van der Waals surface area contributed by atoms with Crippen LogP contribution in [0.1, 0.15) is 48.4 Å². The lowest BCUT2D eigenvalue weighted by Gasteiger charge is -2.35. The summed E-state index contributed by atoms with van der Waals surface area (Å²) in [7, 11) is 0. The number of carboxylic acid groups (broad SMARTS) is 1. The van der Waals surface area contributed by atoms with Crippen molar-refractivity contribution < 1.29 is 32.8 Å². The van der Waals surface area contributed by atoms with E-state index in [4.69, 9.17) is 9.94 Å². The lowest BCUT2D eigenvalue weighted by Crippen LogP contribution is -2.34. The van der Waals surface area contributed by atoms with Gasteiger partial charge in [-0.1, -0.05) is 37.1 Å². The quantitative estimate of drug-likeness (QED) is 0.407. The number of rotatable bonds is 9. The van der Waals surface area contributed by atoms with Crippen LogP contribution in [0.3, 0.4) is 0 Å². The van der Waals surface area contributed by atoms with Crippen molar-refractivity contribution in [3.8, 4) is 0 Å². The Morgan fingerprint density at radius 2 is 1.72 bits per heavy atom. The number of hydroxylamine groups is 2. The molecule has 0 spiro atoms. The van der Waals surface area contributed by atoms with E-state index < -0.39 is 35.3 Å². The van der Waals surface area contributed by atoms with Crippen LogP contribution in [0.2, 0.25) is 0 Å². The number of benzene rings is 2. The lowest BCUT2D eigenvalue weighted by atomic mass is 9.90. The molecule has 10 heteroatoms. The van der Waals surface area contributed by atoms with Gasteiger partial charge in [0.05, 0.1) is 16.5 Å². The molecule has 1 saturated carbocycles. The molecular formula is C22H23F3N2O5. The average molecular weight is 452 g/mol. The number of alkyl halides is 3. The number of hydrogen-bond acceptors (Lipinski definition) is 5. The van der Waals surface area contributed by atoms with E-state index in [0.29, 0.717) is 11.1 Å². The van der Waals surface area contributed by atoms with E-state index in [1.807, 2.05) is 0 Å². The van der Waals surface area contributed by atoms with Gasteiger partial charge in [0, 0.05) is 18.7 Å². The fourth-order valence-corrected chi connectivity index (χ4v) is 4.08. The van der Waals surface area contributed by atoms with Crippen LogP contribution in [0.4, 0.5) is 18.9 Å². The summed E-state index contributed by atoms with van der Waals surface area (Å²) >= 11 is 0. The van der Waals surface area contributed by atoms with Crippen LogP contribution in [-0.2, 0) is 22.4 Å². The molecular weight excluding hydrogens is 429 g/mol. The topological polar surface area (TPSA) is 92.9 Å². The lowest BCUT2D eigenvalue weighted by molar-refractivity contribution is -0.384. The fraction of sp³-hybridized carbons (Fsp3) is 0.409. The number of nitro groups is 1. The van der Waals surface area contributed by atoms with E-state index in [1.165, 1.54) is 29.3 Å². The average Bonchev–Trinajstić information content (AvgIpc) is 3.26. The van der Waals surface area contributed by atoms with Gasteiger partial charge in [0.1, 0.15) is 0 Å². The molecule has 0 aromatic heterocycles. The maximum absolute atomic E-state index is 13.0. The Balaban J connectivity index is 1.93. The smallest absolute Gasteiger partial charge is 0.416 e. The summed E-state index contributed by atoms with van der Waals surface area (Å²) < 4.78 is 39.1. The number of carbonyl (C=O) groups is 1. The fourth-order valence-electron chi connectivity index (χ4n) is 4.08. The summed E-state index contributed by atoms with van der Waals surface area (Å²) in [5, 5.41) is 21.5. The van der Waals surface area contributed by atoms with Gasteiger partial charge in [-0.2, -0.15) is 18.2 Å². The molecule has 0 amide bonds. The van der Waals surface area contributed by atoms with E-state index in [1.54, 1.807) is 12.1 Å². The maximum Gasteiger partial charge on any atom is 0.416 e. The van der Waals surface area contributed by atoms with Crippen molar-refractivity contribution in [3.63, 3.8) is 0 Å². The van der Waals surface area contributed by atoms with Gasteiger partial charge in [-0.05, 0) is 42.0 Å².